The number of nitrogens with one attached hydrogen (secondary N) is 3. The van der Waals surface area contributed by atoms with Crippen LogP contribution in [0.25, 0.3) is 5.65 Å². The Kier molecular flexibility index (Phi) is 7.11. The lowest BCUT2D eigenvalue weighted by Crippen LogP contribution is -2.50. The number of aromatic nitrogens is 4. The first kappa shape index (κ1) is 25.6. The van der Waals surface area contributed by atoms with Gasteiger partial charge in [0.15, 0.2) is 17.2 Å². The molecular weight excluding hydrogens is 519 g/mol. The molecule has 2 saturated carbocycles. The van der Waals surface area contributed by atoms with Crippen LogP contribution in [0.5, 0.6) is 0 Å². The molecule has 2 atom stereocenters. The summed E-state index contributed by atoms with van der Waals surface area (Å²) >= 11 is 6.90. The molecule has 1 aliphatic heterocycles. The normalized spacial score (nSPS) is 21.9. The zero-order valence-corrected chi connectivity index (χ0v) is 22.3. The monoisotopic (exact) mass is 548 g/mol. The summed E-state index contributed by atoms with van der Waals surface area (Å²) in [7, 11) is 0. The summed E-state index contributed by atoms with van der Waals surface area (Å²) in [5, 5.41) is 34.3. The minimum atomic E-state index is -0.764. The molecule has 12 heteroatoms. The summed E-state index contributed by atoms with van der Waals surface area (Å²) < 4.78 is 15.8. The van der Waals surface area contributed by atoms with E-state index < -0.39 is 6.17 Å². The van der Waals surface area contributed by atoms with Gasteiger partial charge in [-0.3, -0.25) is 0 Å². The molecule has 2 aliphatic carbocycles. The highest BCUT2D eigenvalue weighted by Crippen LogP contribution is 2.37. The van der Waals surface area contributed by atoms with Crippen LogP contribution < -0.4 is 20.9 Å². The molecule has 2 aromatic heterocycles. The third-order valence-corrected chi connectivity index (χ3v) is 8.19. The Morgan fingerprint density at radius 2 is 1.79 bits per heavy atom. The third kappa shape index (κ3) is 5.42. The van der Waals surface area contributed by atoms with Crippen molar-refractivity contribution < 1.29 is 4.39 Å². The average molecular weight is 549 g/mol. The molecule has 3 fully saturated rings. The predicted octanol–water partition coefficient (Wildman–Crippen LogP) is 4.68. The van der Waals surface area contributed by atoms with E-state index in [9.17, 15) is 14.9 Å². The molecule has 3 aliphatic rings. The van der Waals surface area contributed by atoms with E-state index in [1.165, 1.54) is 10.7 Å². The summed E-state index contributed by atoms with van der Waals surface area (Å²) in [5.41, 5.74) is 2.48. The lowest BCUT2D eigenvalue weighted by atomic mass is 9.92. The molecule has 0 amide bonds. The first-order valence-electron chi connectivity index (χ1n) is 13.6. The molecule has 202 valence electrons. The third-order valence-electron chi connectivity index (χ3n) is 7.79. The van der Waals surface area contributed by atoms with Crippen molar-refractivity contribution in [1.82, 2.24) is 24.9 Å². The fraction of sp³-hybridized carbons (Fsp3) is 0.519. The molecule has 1 aromatic carbocycles. The Hall–Kier alpha value is -3.67. The molecule has 3 aromatic rings. The number of anilines is 4. The summed E-state index contributed by atoms with van der Waals surface area (Å²) in [4.78, 5) is 11.1. The van der Waals surface area contributed by atoms with Crippen molar-refractivity contribution in [3.63, 3.8) is 0 Å². The van der Waals surface area contributed by atoms with Crippen LogP contribution in [-0.2, 0) is 0 Å². The minimum absolute atomic E-state index is 0.0507. The highest BCUT2D eigenvalue weighted by Gasteiger charge is 2.30. The summed E-state index contributed by atoms with van der Waals surface area (Å²) in [5.74, 6) is 0.770. The van der Waals surface area contributed by atoms with Gasteiger partial charge in [0.25, 0.3) is 0 Å². The van der Waals surface area contributed by atoms with Crippen LogP contribution in [0.15, 0.2) is 18.3 Å². The molecule has 0 spiro atoms. The number of nitriles is 2. The maximum atomic E-state index is 14.3. The van der Waals surface area contributed by atoms with E-state index in [-0.39, 0.29) is 23.7 Å². The molecule has 6 rings (SSSR count). The Morgan fingerprint density at radius 1 is 1.00 bits per heavy atom. The number of alkyl halides is 1. The molecule has 39 heavy (non-hydrogen) atoms. The number of hydrogen-bond acceptors (Lipinski definition) is 9. The molecule has 3 heterocycles. The van der Waals surface area contributed by atoms with Crippen LogP contribution in [-0.4, -0.2) is 57.0 Å². The molecule has 10 nitrogen and oxygen atoms in total. The molecule has 0 radical (unpaired) electrons. The summed E-state index contributed by atoms with van der Waals surface area (Å²) in [6.45, 7) is 1.49. The van der Waals surface area contributed by atoms with Crippen LogP contribution in [0.4, 0.5) is 27.5 Å². The molecular formula is C27H30ClFN10. The van der Waals surface area contributed by atoms with E-state index >= 15 is 0 Å². The number of nitrogens with zero attached hydrogens (tertiary/aromatic N) is 7. The van der Waals surface area contributed by atoms with E-state index in [1.54, 1.807) is 12.1 Å². The highest BCUT2D eigenvalue weighted by molar-refractivity contribution is 6.36. The fourth-order valence-corrected chi connectivity index (χ4v) is 5.78. The molecule has 1 saturated heterocycles. The molecule has 0 unspecified atom stereocenters. The summed E-state index contributed by atoms with van der Waals surface area (Å²) in [6.07, 6.45) is 8.13. The van der Waals surface area contributed by atoms with Gasteiger partial charge in [0, 0.05) is 31.2 Å². The average Bonchev–Trinajstić information content (AvgIpc) is 3.67. The van der Waals surface area contributed by atoms with Crippen LogP contribution in [0.2, 0.25) is 5.02 Å². The van der Waals surface area contributed by atoms with Crippen molar-refractivity contribution in [3.8, 4) is 12.1 Å². The first-order chi connectivity index (χ1) is 19.0. The van der Waals surface area contributed by atoms with Gasteiger partial charge in [-0.2, -0.15) is 20.0 Å². The van der Waals surface area contributed by atoms with Gasteiger partial charge >= 0.3 is 0 Å². The standard InChI is InChI=1S/C27H30ClFN10/c28-24-22(35-27-36-25(34-17-5-6-17)26-32-15-19(14-31)39(26)37-27)11-16(13-30)12-23(24)38-9-7-18(8-10-38)33-21-4-2-1-3-20(21)29/h11-12,15,17-18,20-21,33H,1-10H2,(H2,34,35,36,37)/t20-,21-/m1/s1. The Bertz CT molecular complexity index is 1450. The molecule has 0 bridgehead atoms. The number of piperidine rings is 1. The van der Waals surface area contributed by atoms with Gasteiger partial charge in [-0.05, 0) is 50.7 Å². The lowest BCUT2D eigenvalue weighted by Gasteiger charge is -2.38. The number of hydrogen-bond donors (Lipinski definition) is 3. The lowest BCUT2D eigenvalue weighted by molar-refractivity contribution is 0.172. The number of rotatable bonds is 7. The van der Waals surface area contributed by atoms with Gasteiger partial charge in [-0.15, -0.1) is 5.10 Å². The second kappa shape index (κ2) is 10.8. The van der Waals surface area contributed by atoms with Crippen molar-refractivity contribution in [2.45, 2.75) is 75.7 Å². The number of fused-ring (bicyclic) bond motifs is 1. The van der Waals surface area contributed by atoms with E-state index in [4.69, 9.17) is 11.6 Å². The number of halogens is 2. The fourth-order valence-electron chi connectivity index (χ4n) is 5.51. The highest BCUT2D eigenvalue weighted by atomic mass is 35.5. The van der Waals surface area contributed by atoms with Crippen LogP contribution in [0, 0.1) is 22.7 Å². The van der Waals surface area contributed by atoms with E-state index in [0.29, 0.717) is 40.2 Å². The van der Waals surface area contributed by atoms with E-state index in [2.05, 4.69) is 48.1 Å². The van der Waals surface area contributed by atoms with Crippen molar-refractivity contribution in [1.29, 1.82) is 10.5 Å². The smallest absolute Gasteiger partial charge is 0.247 e. The quantitative estimate of drug-likeness (QED) is 0.385. The van der Waals surface area contributed by atoms with Gasteiger partial charge in [-0.25, -0.2) is 9.37 Å². The van der Waals surface area contributed by atoms with Crippen molar-refractivity contribution in [2.24, 2.45) is 0 Å². The largest absolute Gasteiger partial charge is 0.370 e. The predicted molar refractivity (Wildman–Crippen MR) is 147 cm³/mol. The maximum Gasteiger partial charge on any atom is 0.247 e. The van der Waals surface area contributed by atoms with Gasteiger partial charge in [0.2, 0.25) is 5.95 Å². The van der Waals surface area contributed by atoms with Gasteiger partial charge < -0.3 is 20.9 Å². The van der Waals surface area contributed by atoms with E-state index in [1.807, 2.05) is 0 Å². The SMILES string of the molecule is N#Cc1cc(Nc2nc(NC3CC3)c3ncc(C#N)n3n2)c(Cl)c(N2CCC(N[C@@H]3CCCC[C@H]3F)CC2)c1. The van der Waals surface area contributed by atoms with Gasteiger partial charge in [0.1, 0.15) is 12.2 Å². The second-order valence-electron chi connectivity index (χ2n) is 10.6. The van der Waals surface area contributed by atoms with Crippen LogP contribution in [0.1, 0.15) is 62.6 Å². The van der Waals surface area contributed by atoms with Crippen molar-refractivity contribution >= 4 is 40.4 Å². The number of imidazole rings is 1. The summed E-state index contributed by atoms with van der Waals surface area (Å²) in [6, 6.07) is 8.34. The van der Waals surface area contributed by atoms with Gasteiger partial charge in [-0.1, -0.05) is 24.4 Å². The topological polar surface area (TPSA) is 130 Å². The maximum absolute atomic E-state index is 14.3. The van der Waals surface area contributed by atoms with Crippen LogP contribution >= 0.6 is 11.6 Å². The Labute approximate surface area is 231 Å². The van der Waals surface area contributed by atoms with Crippen LogP contribution in [0.3, 0.4) is 0 Å². The zero-order chi connectivity index (χ0) is 26.9. The Balaban J connectivity index is 1.23. The molecule has 3 N–H and O–H groups in total. The zero-order valence-electron chi connectivity index (χ0n) is 21.5. The Morgan fingerprint density at radius 3 is 2.51 bits per heavy atom. The number of benzene rings is 1. The first-order valence-corrected chi connectivity index (χ1v) is 14.0. The second-order valence-corrected chi connectivity index (χ2v) is 11.0. The van der Waals surface area contributed by atoms with Crippen molar-refractivity contribution in [2.75, 3.05) is 28.6 Å². The van der Waals surface area contributed by atoms with Gasteiger partial charge in [0.05, 0.1) is 34.2 Å². The minimum Gasteiger partial charge on any atom is -0.370 e. The van der Waals surface area contributed by atoms with Crippen molar-refractivity contribution in [3.05, 3.63) is 34.6 Å². The van der Waals surface area contributed by atoms with E-state index in [0.717, 1.165) is 63.7 Å².